The molecular weight excluding hydrogens is 302 g/mol. The molecule has 2 aliphatic rings. The van der Waals surface area contributed by atoms with E-state index < -0.39 is 0 Å². The second kappa shape index (κ2) is 5.84. The van der Waals surface area contributed by atoms with Crippen LogP contribution in [0.1, 0.15) is 48.8 Å². The zero-order valence-electron chi connectivity index (χ0n) is 14.7. The highest BCUT2D eigenvalue weighted by atomic mass is 16.2. The van der Waals surface area contributed by atoms with Crippen molar-refractivity contribution in [3.05, 3.63) is 23.5 Å². The number of amides is 1. The third-order valence-electron chi connectivity index (χ3n) is 5.08. The predicted molar refractivity (Wildman–Crippen MR) is 93.1 cm³/mol. The van der Waals surface area contributed by atoms with Gasteiger partial charge in [-0.15, -0.1) is 0 Å². The van der Waals surface area contributed by atoms with Crippen molar-refractivity contribution in [3.63, 3.8) is 0 Å². The zero-order valence-corrected chi connectivity index (χ0v) is 14.7. The third kappa shape index (κ3) is 2.69. The van der Waals surface area contributed by atoms with E-state index in [0.717, 1.165) is 54.5 Å². The molecule has 2 aromatic rings. The van der Waals surface area contributed by atoms with Crippen LogP contribution >= 0.6 is 0 Å². The molecule has 0 bridgehead atoms. The van der Waals surface area contributed by atoms with E-state index in [2.05, 4.69) is 28.8 Å². The molecule has 6 heteroatoms. The molecule has 0 unspecified atom stereocenters. The highest BCUT2D eigenvalue weighted by molar-refractivity contribution is 6.05. The van der Waals surface area contributed by atoms with Crippen molar-refractivity contribution in [1.82, 2.24) is 24.6 Å². The fourth-order valence-electron chi connectivity index (χ4n) is 3.60. The molecule has 0 aromatic carbocycles. The van der Waals surface area contributed by atoms with E-state index in [1.54, 1.807) is 6.20 Å². The van der Waals surface area contributed by atoms with E-state index in [0.29, 0.717) is 0 Å². The van der Waals surface area contributed by atoms with Crippen molar-refractivity contribution in [2.75, 3.05) is 26.2 Å². The first-order chi connectivity index (χ1) is 11.5. The number of carbonyl (C=O) groups excluding carboxylic acids is 1. The molecule has 2 aromatic heterocycles. The molecular formula is C18H25N5O. The number of pyridine rings is 1. The fraction of sp³-hybridized carbons (Fsp3) is 0.611. The summed E-state index contributed by atoms with van der Waals surface area (Å²) in [6.07, 6.45) is 4.44. The molecule has 3 heterocycles. The van der Waals surface area contributed by atoms with E-state index in [-0.39, 0.29) is 11.9 Å². The Morgan fingerprint density at radius 1 is 1.21 bits per heavy atom. The van der Waals surface area contributed by atoms with E-state index in [9.17, 15) is 4.79 Å². The Kier molecular flexibility index (Phi) is 3.79. The topological polar surface area (TPSA) is 54.3 Å². The van der Waals surface area contributed by atoms with Crippen LogP contribution in [-0.4, -0.2) is 62.7 Å². The van der Waals surface area contributed by atoms with E-state index >= 15 is 0 Å². The van der Waals surface area contributed by atoms with E-state index in [1.165, 1.54) is 12.8 Å². The van der Waals surface area contributed by atoms with Crippen molar-refractivity contribution in [1.29, 1.82) is 0 Å². The average molecular weight is 327 g/mol. The Bertz CT molecular complexity index is 769. The van der Waals surface area contributed by atoms with Gasteiger partial charge in [-0.1, -0.05) is 0 Å². The lowest BCUT2D eigenvalue weighted by Gasteiger charge is -2.35. The number of hydrogen-bond donors (Lipinski definition) is 0. The zero-order chi connectivity index (χ0) is 16.8. The summed E-state index contributed by atoms with van der Waals surface area (Å²) in [6, 6.07) is 2.91. The molecule has 4 rings (SSSR count). The monoisotopic (exact) mass is 327 g/mol. The number of carbonyl (C=O) groups is 1. The van der Waals surface area contributed by atoms with Gasteiger partial charge in [0.1, 0.15) is 0 Å². The lowest BCUT2D eigenvalue weighted by Crippen LogP contribution is -2.49. The molecule has 0 N–H and O–H groups in total. The normalized spacial score (nSPS) is 19.4. The van der Waals surface area contributed by atoms with Crippen LogP contribution in [0.5, 0.6) is 0 Å². The minimum absolute atomic E-state index is 0.115. The number of nitrogens with zero attached hydrogens (tertiary/aromatic N) is 5. The lowest BCUT2D eigenvalue weighted by atomic mass is 10.1. The van der Waals surface area contributed by atoms with Crippen LogP contribution < -0.4 is 0 Å². The molecule has 1 saturated heterocycles. The second-order valence-corrected chi connectivity index (χ2v) is 7.29. The number of rotatable bonds is 3. The van der Waals surface area contributed by atoms with Gasteiger partial charge in [-0.25, -0.2) is 9.67 Å². The highest BCUT2D eigenvalue weighted by Crippen LogP contribution is 2.28. The molecule has 1 aliphatic carbocycles. The molecule has 6 nitrogen and oxygen atoms in total. The van der Waals surface area contributed by atoms with Crippen LogP contribution in [-0.2, 0) is 0 Å². The van der Waals surface area contributed by atoms with Gasteiger partial charge in [0.15, 0.2) is 5.65 Å². The molecule has 2 fully saturated rings. The quantitative estimate of drug-likeness (QED) is 0.867. The SMILES string of the molecule is Cc1cc(C(=O)N2CCN(C3CC3)CC2)c2cnn(C(C)C)c2n1. The summed E-state index contributed by atoms with van der Waals surface area (Å²) in [6.45, 7) is 9.72. The number of hydrogen-bond acceptors (Lipinski definition) is 4. The maximum Gasteiger partial charge on any atom is 0.254 e. The minimum Gasteiger partial charge on any atom is -0.336 e. The standard InChI is InChI=1S/C18H25N5O/c1-12(2)23-17-16(11-19-23)15(10-13(3)20-17)18(24)22-8-6-21(7-9-22)14-4-5-14/h10-12,14H,4-9H2,1-3H3. The van der Waals surface area contributed by atoms with E-state index in [1.807, 2.05) is 22.6 Å². The van der Waals surface area contributed by atoms with Gasteiger partial charge in [0, 0.05) is 44.0 Å². The Hall–Kier alpha value is -1.95. The van der Waals surface area contributed by atoms with Gasteiger partial charge < -0.3 is 4.90 Å². The summed E-state index contributed by atoms with van der Waals surface area (Å²) >= 11 is 0. The van der Waals surface area contributed by atoms with Gasteiger partial charge in [-0.05, 0) is 39.7 Å². The fourth-order valence-corrected chi connectivity index (χ4v) is 3.60. The van der Waals surface area contributed by atoms with Crippen molar-refractivity contribution >= 4 is 16.9 Å². The Balaban J connectivity index is 1.62. The summed E-state index contributed by atoms with van der Waals surface area (Å²) in [4.78, 5) is 22.2. The maximum absolute atomic E-state index is 13.1. The lowest BCUT2D eigenvalue weighted by molar-refractivity contribution is 0.0629. The maximum atomic E-state index is 13.1. The summed E-state index contributed by atoms with van der Waals surface area (Å²) in [5, 5.41) is 5.31. The first-order valence-electron chi connectivity index (χ1n) is 8.93. The Morgan fingerprint density at radius 3 is 2.54 bits per heavy atom. The Labute approximate surface area is 142 Å². The van der Waals surface area contributed by atoms with Crippen molar-refractivity contribution in [2.24, 2.45) is 0 Å². The molecule has 1 saturated carbocycles. The highest BCUT2D eigenvalue weighted by Gasteiger charge is 2.33. The van der Waals surface area contributed by atoms with Crippen molar-refractivity contribution < 1.29 is 4.79 Å². The van der Waals surface area contributed by atoms with E-state index in [4.69, 9.17) is 0 Å². The smallest absolute Gasteiger partial charge is 0.254 e. The van der Waals surface area contributed by atoms with Gasteiger partial charge in [0.2, 0.25) is 0 Å². The number of piperazine rings is 1. The molecule has 0 radical (unpaired) electrons. The summed E-state index contributed by atoms with van der Waals surface area (Å²) < 4.78 is 1.89. The molecule has 24 heavy (non-hydrogen) atoms. The largest absolute Gasteiger partial charge is 0.336 e. The first-order valence-corrected chi connectivity index (χ1v) is 8.93. The van der Waals surface area contributed by atoms with Gasteiger partial charge >= 0.3 is 0 Å². The van der Waals surface area contributed by atoms with Gasteiger partial charge in [-0.3, -0.25) is 9.69 Å². The van der Waals surface area contributed by atoms with Crippen LogP contribution in [0.3, 0.4) is 0 Å². The van der Waals surface area contributed by atoms with Gasteiger partial charge in [0.25, 0.3) is 5.91 Å². The third-order valence-corrected chi connectivity index (χ3v) is 5.08. The second-order valence-electron chi connectivity index (χ2n) is 7.29. The van der Waals surface area contributed by atoms with Crippen LogP contribution in [0.2, 0.25) is 0 Å². The number of aryl methyl sites for hydroxylation is 1. The number of aromatic nitrogens is 3. The van der Waals surface area contributed by atoms with Crippen LogP contribution in [0, 0.1) is 6.92 Å². The molecule has 0 atom stereocenters. The van der Waals surface area contributed by atoms with Crippen LogP contribution in [0.4, 0.5) is 0 Å². The number of fused-ring (bicyclic) bond motifs is 1. The van der Waals surface area contributed by atoms with Crippen LogP contribution in [0.15, 0.2) is 12.3 Å². The molecule has 128 valence electrons. The summed E-state index contributed by atoms with van der Waals surface area (Å²) in [5.74, 6) is 0.115. The van der Waals surface area contributed by atoms with Gasteiger partial charge in [-0.2, -0.15) is 5.10 Å². The van der Waals surface area contributed by atoms with Gasteiger partial charge in [0.05, 0.1) is 17.1 Å². The molecule has 1 amide bonds. The summed E-state index contributed by atoms with van der Waals surface area (Å²) in [5.41, 5.74) is 2.42. The summed E-state index contributed by atoms with van der Waals surface area (Å²) in [7, 11) is 0. The van der Waals surface area contributed by atoms with Crippen LogP contribution in [0.25, 0.3) is 11.0 Å². The molecule has 0 spiro atoms. The average Bonchev–Trinajstić information content (AvgIpc) is 3.33. The van der Waals surface area contributed by atoms with Crippen molar-refractivity contribution in [2.45, 2.75) is 45.7 Å². The Morgan fingerprint density at radius 2 is 1.92 bits per heavy atom. The first kappa shape index (κ1) is 15.6. The van der Waals surface area contributed by atoms with Crippen molar-refractivity contribution in [3.8, 4) is 0 Å². The molecule has 1 aliphatic heterocycles. The minimum atomic E-state index is 0.115. The predicted octanol–water partition coefficient (Wildman–Crippen LogP) is 2.24.